The molecule has 2 rings (SSSR count). The second kappa shape index (κ2) is 7.92. The van der Waals surface area contributed by atoms with Crippen LogP contribution in [0.3, 0.4) is 0 Å². The Morgan fingerprint density at radius 3 is 2.39 bits per heavy atom. The van der Waals surface area contributed by atoms with Crippen molar-refractivity contribution in [2.45, 2.75) is 44.2 Å². The normalized spacial score (nSPS) is 23.7. The summed E-state index contributed by atoms with van der Waals surface area (Å²) in [5, 5.41) is 3.36. The van der Waals surface area contributed by atoms with Gasteiger partial charge in [-0.3, -0.25) is 9.69 Å². The predicted octanol–water partition coefficient (Wildman–Crippen LogP) is 0.714. The number of hydrogen-bond donors (Lipinski definition) is 1. The fourth-order valence-electron chi connectivity index (χ4n) is 3.36. The Bertz CT molecular complexity index is 387. The Labute approximate surface area is 140 Å². The quantitative estimate of drug-likeness (QED) is 0.779. The highest BCUT2D eigenvalue weighted by atomic mass is 16.5. The van der Waals surface area contributed by atoms with Crippen molar-refractivity contribution in [2.24, 2.45) is 0 Å². The molecule has 0 saturated carbocycles. The number of nitrogens with one attached hydrogen (secondary N) is 1. The number of nitrogens with zero attached hydrogens (tertiary/aromatic N) is 2. The molecule has 2 aliphatic heterocycles. The molecule has 6 heteroatoms. The molecule has 0 aliphatic carbocycles. The molecule has 0 bridgehead atoms. The van der Waals surface area contributed by atoms with Gasteiger partial charge in [0.15, 0.2) is 0 Å². The Morgan fingerprint density at radius 2 is 1.83 bits per heavy atom. The molecule has 0 aromatic rings. The summed E-state index contributed by atoms with van der Waals surface area (Å²) in [4.78, 5) is 17.3. The van der Waals surface area contributed by atoms with Crippen LogP contribution in [-0.2, 0) is 14.3 Å². The average Bonchev–Trinajstić information content (AvgIpc) is 2.51. The molecule has 0 radical (unpaired) electrons. The minimum Gasteiger partial charge on any atom is -0.379 e. The first-order valence-corrected chi connectivity index (χ1v) is 8.69. The lowest BCUT2D eigenvalue weighted by Gasteiger charge is -2.45. The van der Waals surface area contributed by atoms with Crippen molar-refractivity contribution < 1.29 is 14.3 Å². The van der Waals surface area contributed by atoms with E-state index in [-0.39, 0.29) is 11.4 Å². The Kier molecular flexibility index (Phi) is 6.42. The summed E-state index contributed by atoms with van der Waals surface area (Å²) in [6.45, 7) is 10.4. The Balaban J connectivity index is 1.99. The lowest BCUT2D eigenvalue weighted by molar-refractivity contribution is -0.129. The highest BCUT2D eigenvalue weighted by Crippen LogP contribution is 2.25. The summed E-state index contributed by atoms with van der Waals surface area (Å²) in [6, 6.07) is 0. The SMILES string of the molecule is COC(C)(C)CC(=O)NC1(CN2CCOCC2)CCN(C)CC1. The second-order valence-corrected chi connectivity index (χ2v) is 7.66. The molecule has 0 aromatic heterocycles. The van der Waals surface area contributed by atoms with Crippen molar-refractivity contribution in [2.75, 3.05) is 60.1 Å². The van der Waals surface area contributed by atoms with Crippen LogP contribution in [0.1, 0.15) is 33.1 Å². The van der Waals surface area contributed by atoms with Crippen LogP contribution < -0.4 is 5.32 Å². The minimum absolute atomic E-state index is 0.0923. The van der Waals surface area contributed by atoms with Gasteiger partial charge in [0.25, 0.3) is 0 Å². The van der Waals surface area contributed by atoms with Gasteiger partial charge in [0.2, 0.25) is 5.91 Å². The first-order chi connectivity index (χ1) is 10.8. The van der Waals surface area contributed by atoms with E-state index in [1.807, 2.05) is 13.8 Å². The highest BCUT2D eigenvalue weighted by Gasteiger charge is 2.38. The van der Waals surface area contributed by atoms with E-state index in [1.165, 1.54) is 0 Å². The van der Waals surface area contributed by atoms with Gasteiger partial charge < -0.3 is 19.7 Å². The van der Waals surface area contributed by atoms with Gasteiger partial charge in [-0.25, -0.2) is 0 Å². The van der Waals surface area contributed by atoms with Gasteiger partial charge in [-0.1, -0.05) is 0 Å². The molecule has 0 unspecified atom stereocenters. The van der Waals surface area contributed by atoms with E-state index in [0.29, 0.717) is 6.42 Å². The lowest BCUT2D eigenvalue weighted by Crippen LogP contribution is -2.61. The van der Waals surface area contributed by atoms with Crippen LogP contribution in [0.5, 0.6) is 0 Å². The van der Waals surface area contributed by atoms with E-state index in [2.05, 4.69) is 22.2 Å². The standard InChI is InChI=1S/C17H33N3O3/c1-16(2,22-4)13-15(21)18-17(5-7-19(3)8-6-17)14-20-9-11-23-12-10-20/h5-14H2,1-4H3,(H,18,21). The fraction of sp³-hybridized carbons (Fsp3) is 0.941. The van der Waals surface area contributed by atoms with Crippen molar-refractivity contribution >= 4 is 5.91 Å². The van der Waals surface area contributed by atoms with Crippen molar-refractivity contribution in [3.63, 3.8) is 0 Å². The summed E-state index contributed by atoms with van der Waals surface area (Å²) in [5.74, 6) is 0.0923. The highest BCUT2D eigenvalue weighted by molar-refractivity contribution is 5.77. The summed E-state index contributed by atoms with van der Waals surface area (Å²) in [5.41, 5.74) is -0.541. The summed E-state index contributed by atoms with van der Waals surface area (Å²) < 4.78 is 10.8. The number of morpholine rings is 1. The molecule has 1 amide bonds. The maximum Gasteiger partial charge on any atom is 0.223 e. The van der Waals surface area contributed by atoms with Crippen LogP contribution in [0.4, 0.5) is 0 Å². The van der Waals surface area contributed by atoms with Crippen LogP contribution in [0.15, 0.2) is 0 Å². The number of carbonyl (C=O) groups is 1. The molecule has 6 nitrogen and oxygen atoms in total. The van der Waals surface area contributed by atoms with E-state index < -0.39 is 5.60 Å². The first kappa shape index (κ1) is 18.6. The number of likely N-dealkylation sites (tertiary alicyclic amines) is 1. The number of hydrogen-bond acceptors (Lipinski definition) is 5. The van der Waals surface area contributed by atoms with Gasteiger partial charge in [0.05, 0.1) is 30.8 Å². The van der Waals surface area contributed by atoms with E-state index in [1.54, 1.807) is 7.11 Å². The van der Waals surface area contributed by atoms with Gasteiger partial charge in [0, 0.05) is 39.8 Å². The molecular weight excluding hydrogens is 294 g/mol. The van der Waals surface area contributed by atoms with Crippen molar-refractivity contribution in [3.8, 4) is 0 Å². The van der Waals surface area contributed by atoms with Crippen LogP contribution in [0.25, 0.3) is 0 Å². The first-order valence-electron chi connectivity index (χ1n) is 8.69. The molecule has 2 fully saturated rings. The zero-order chi connectivity index (χ0) is 16.9. The van der Waals surface area contributed by atoms with E-state index in [4.69, 9.17) is 9.47 Å². The second-order valence-electron chi connectivity index (χ2n) is 7.66. The van der Waals surface area contributed by atoms with Crippen LogP contribution >= 0.6 is 0 Å². The van der Waals surface area contributed by atoms with E-state index in [9.17, 15) is 4.79 Å². The maximum absolute atomic E-state index is 12.6. The number of methoxy groups -OCH3 is 1. The predicted molar refractivity (Wildman–Crippen MR) is 90.6 cm³/mol. The summed E-state index contributed by atoms with van der Waals surface area (Å²) in [7, 11) is 3.81. The molecule has 2 heterocycles. The van der Waals surface area contributed by atoms with Gasteiger partial charge in [0.1, 0.15) is 0 Å². The van der Waals surface area contributed by atoms with Crippen molar-refractivity contribution in [1.82, 2.24) is 15.1 Å². The lowest BCUT2D eigenvalue weighted by atomic mass is 9.86. The molecule has 0 spiro atoms. The molecule has 2 aliphatic rings. The third kappa shape index (κ3) is 5.71. The maximum atomic E-state index is 12.6. The van der Waals surface area contributed by atoms with E-state index >= 15 is 0 Å². The van der Waals surface area contributed by atoms with Crippen molar-refractivity contribution in [1.29, 1.82) is 0 Å². The van der Waals surface area contributed by atoms with Crippen LogP contribution in [0.2, 0.25) is 0 Å². The monoisotopic (exact) mass is 327 g/mol. The zero-order valence-electron chi connectivity index (χ0n) is 15.2. The molecule has 23 heavy (non-hydrogen) atoms. The largest absolute Gasteiger partial charge is 0.379 e. The number of carbonyl (C=O) groups excluding carboxylic acids is 1. The number of amides is 1. The zero-order valence-corrected chi connectivity index (χ0v) is 15.2. The molecule has 0 aromatic carbocycles. The van der Waals surface area contributed by atoms with Gasteiger partial charge in [-0.05, 0) is 33.7 Å². The average molecular weight is 327 g/mol. The number of piperidine rings is 1. The van der Waals surface area contributed by atoms with Gasteiger partial charge in [-0.2, -0.15) is 0 Å². The number of rotatable bonds is 6. The Morgan fingerprint density at radius 1 is 1.22 bits per heavy atom. The third-order valence-corrected chi connectivity index (χ3v) is 5.12. The third-order valence-electron chi connectivity index (χ3n) is 5.12. The van der Waals surface area contributed by atoms with Gasteiger partial charge in [-0.15, -0.1) is 0 Å². The number of ether oxygens (including phenoxy) is 2. The Hall–Kier alpha value is -0.690. The van der Waals surface area contributed by atoms with E-state index in [0.717, 1.165) is 58.8 Å². The van der Waals surface area contributed by atoms with Crippen LogP contribution in [-0.4, -0.2) is 86.9 Å². The van der Waals surface area contributed by atoms with Gasteiger partial charge >= 0.3 is 0 Å². The van der Waals surface area contributed by atoms with Crippen molar-refractivity contribution in [3.05, 3.63) is 0 Å². The molecule has 2 saturated heterocycles. The fourth-order valence-corrected chi connectivity index (χ4v) is 3.36. The molecule has 0 atom stereocenters. The molecular formula is C17H33N3O3. The topological polar surface area (TPSA) is 54.0 Å². The van der Waals surface area contributed by atoms with Crippen LogP contribution in [0, 0.1) is 0 Å². The smallest absolute Gasteiger partial charge is 0.223 e. The molecule has 134 valence electrons. The summed E-state index contributed by atoms with van der Waals surface area (Å²) in [6.07, 6.45) is 2.39. The molecule has 1 N–H and O–H groups in total. The minimum atomic E-state index is -0.421. The summed E-state index contributed by atoms with van der Waals surface area (Å²) >= 11 is 0.